The van der Waals surface area contributed by atoms with Crippen molar-refractivity contribution in [2.24, 2.45) is 0 Å². The molecule has 196 valence electrons. The van der Waals surface area contributed by atoms with Crippen molar-refractivity contribution in [2.45, 2.75) is 52.6 Å². The van der Waals surface area contributed by atoms with Gasteiger partial charge in [0.05, 0.1) is 47.5 Å². The molecule has 1 saturated heterocycles. The molecule has 4 heterocycles. The number of fused-ring (bicyclic) bond motifs is 1. The van der Waals surface area contributed by atoms with Crippen molar-refractivity contribution in [1.82, 2.24) is 20.3 Å². The summed E-state index contributed by atoms with van der Waals surface area (Å²) in [5.74, 6) is 0.697. The zero-order valence-corrected chi connectivity index (χ0v) is 22.2. The van der Waals surface area contributed by atoms with Gasteiger partial charge in [0.1, 0.15) is 5.82 Å². The molecule has 0 bridgehead atoms. The van der Waals surface area contributed by atoms with E-state index in [1.807, 2.05) is 49.4 Å². The number of hydrogen-bond donors (Lipinski definition) is 2. The fourth-order valence-electron chi connectivity index (χ4n) is 4.91. The van der Waals surface area contributed by atoms with E-state index in [2.05, 4.69) is 29.0 Å². The third-order valence-corrected chi connectivity index (χ3v) is 6.79. The summed E-state index contributed by atoms with van der Waals surface area (Å²) in [5, 5.41) is 13.8. The van der Waals surface area contributed by atoms with Crippen LogP contribution in [-0.4, -0.2) is 51.3 Å². The van der Waals surface area contributed by atoms with Gasteiger partial charge < -0.3 is 20.1 Å². The van der Waals surface area contributed by atoms with E-state index in [-0.39, 0.29) is 24.7 Å². The van der Waals surface area contributed by atoms with E-state index in [1.165, 1.54) is 0 Å². The molecular formula is C30H33N5O3. The van der Waals surface area contributed by atoms with Gasteiger partial charge in [0.25, 0.3) is 5.91 Å². The highest BCUT2D eigenvalue weighted by molar-refractivity contribution is 5.94. The largest absolute Gasteiger partial charge is 0.389 e. The SMILES string of the molecule is Cc1ccc(C(=O)NCc2cc3nc(-c4cccc(N5CC(C)OC(C)C5)n4)ccc3cn2)cc1C(C)O. The molecule has 3 atom stereocenters. The number of hydrogen-bond acceptors (Lipinski definition) is 7. The number of anilines is 1. The molecule has 4 aromatic rings. The number of benzene rings is 1. The predicted octanol–water partition coefficient (Wildman–Crippen LogP) is 4.60. The van der Waals surface area contributed by atoms with Crippen molar-refractivity contribution in [3.63, 3.8) is 0 Å². The number of nitrogens with one attached hydrogen (secondary N) is 1. The van der Waals surface area contributed by atoms with E-state index in [0.29, 0.717) is 11.3 Å². The maximum absolute atomic E-state index is 12.8. The van der Waals surface area contributed by atoms with Crippen molar-refractivity contribution in [3.8, 4) is 11.4 Å². The summed E-state index contributed by atoms with van der Waals surface area (Å²) >= 11 is 0. The number of carbonyl (C=O) groups is 1. The number of aryl methyl sites for hydroxylation is 1. The topological polar surface area (TPSA) is 100 Å². The Morgan fingerprint density at radius 2 is 1.84 bits per heavy atom. The monoisotopic (exact) mass is 511 g/mol. The molecule has 0 aliphatic carbocycles. The van der Waals surface area contributed by atoms with Gasteiger partial charge in [0.2, 0.25) is 0 Å². The first kappa shape index (κ1) is 25.8. The van der Waals surface area contributed by atoms with E-state index >= 15 is 0 Å². The lowest BCUT2D eigenvalue weighted by Crippen LogP contribution is -2.45. The lowest BCUT2D eigenvalue weighted by atomic mass is 10.0. The van der Waals surface area contributed by atoms with Crippen molar-refractivity contribution in [2.75, 3.05) is 18.0 Å². The number of carbonyl (C=O) groups excluding carboxylic acids is 1. The van der Waals surface area contributed by atoms with Crippen LogP contribution in [0.25, 0.3) is 22.3 Å². The number of morpholine rings is 1. The van der Waals surface area contributed by atoms with E-state index in [0.717, 1.165) is 52.3 Å². The molecular weight excluding hydrogens is 478 g/mol. The van der Waals surface area contributed by atoms with Crippen LogP contribution in [-0.2, 0) is 11.3 Å². The van der Waals surface area contributed by atoms with Crippen LogP contribution in [0.1, 0.15) is 54.1 Å². The zero-order chi connectivity index (χ0) is 26.8. The highest BCUT2D eigenvalue weighted by atomic mass is 16.5. The third-order valence-electron chi connectivity index (χ3n) is 6.79. The molecule has 1 aromatic carbocycles. The van der Waals surface area contributed by atoms with Gasteiger partial charge >= 0.3 is 0 Å². The number of nitrogens with zero attached hydrogens (tertiary/aromatic N) is 4. The van der Waals surface area contributed by atoms with Crippen LogP contribution >= 0.6 is 0 Å². The molecule has 3 aromatic heterocycles. The number of aliphatic hydroxyl groups is 1. The molecule has 8 nitrogen and oxygen atoms in total. The van der Waals surface area contributed by atoms with E-state index in [4.69, 9.17) is 14.7 Å². The number of aromatic nitrogens is 3. The van der Waals surface area contributed by atoms with Gasteiger partial charge in [-0.05, 0) is 81.3 Å². The number of rotatable bonds is 6. The summed E-state index contributed by atoms with van der Waals surface area (Å²) in [6, 6.07) is 17.2. The third kappa shape index (κ3) is 5.66. The van der Waals surface area contributed by atoms with Crippen LogP contribution < -0.4 is 10.2 Å². The Labute approximate surface area is 222 Å². The molecule has 8 heteroatoms. The van der Waals surface area contributed by atoms with Crippen molar-refractivity contribution in [3.05, 3.63) is 83.2 Å². The summed E-state index contributed by atoms with van der Waals surface area (Å²) in [7, 11) is 0. The Balaban J connectivity index is 1.33. The van der Waals surface area contributed by atoms with Crippen molar-refractivity contribution >= 4 is 22.6 Å². The minimum Gasteiger partial charge on any atom is -0.389 e. The number of pyridine rings is 3. The molecule has 1 aliphatic heterocycles. The molecule has 1 amide bonds. The predicted molar refractivity (Wildman–Crippen MR) is 148 cm³/mol. The fraction of sp³-hybridized carbons (Fsp3) is 0.333. The first-order valence-corrected chi connectivity index (χ1v) is 13.0. The van der Waals surface area contributed by atoms with Crippen LogP contribution in [0, 0.1) is 6.92 Å². The Morgan fingerprint density at radius 1 is 1.08 bits per heavy atom. The Hall–Kier alpha value is -3.88. The van der Waals surface area contributed by atoms with E-state index in [1.54, 1.807) is 25.3 Å². The van der Waals surface area contributed by atoms with Gasteiger partial charge in [-0.15, -0.1) is 0 Å². The summed E-state index contributed by atoms with van der Waals surface area (Å²) in [6.45, 7) is 9.64. The molecule has 0 saturated carbocycles. The smallest absolute Gasteiger partial charge is 0.251 e. The Bertz CT molecular complexity index is 1460. The Kier molecular flexibility index (Phi) is 7.35. The summed E-state index contributed by atoms with van der Waals surface area (Å²) in [5.41, 5.74) is 5.27. The van der Waals surface area contributed by atoms with Gasteiger partial charge in [-0.1, -0.05) is 12.1 Å². The van der Waals surface area contributed by atoms with Crippen molar-refractivity contribution in [1.29, 1.82) is 0 Å². The fourth-order valence-corrected chi connectivity index (χ4v) is 4.91. The van der Waals surface area contributed by atoms with Gasteiger partial charge in [-0.2, -0.15) is 0 Å². The standard InChI is InChI=1S/C30H33N5O3/c1-18-8-9-22(12-25(18)21(4)36)30(37)32-15-24-13-28-23(14-31-24)10-11-27(33-28)26-6-5-7-29(34-26)35-16-19(2)38-20(3)17-35/h5-14,19-21,36H,15-17H2,1-4H3,(H,32,37). The second-order valence-corrected chi connectivity index (χ2v) is 10.0. The lowest BCUT2D eigenvalue weighted by Gasteiger charge is -2.36. The van der Waals surface area contributed by atoms with E-state index in [9.17, 15) is 9.90 Å². The molecule has 0 spiro atoms. The van der Waals surface area contributed by atoms with Gasteiger partial charge in [-0.3, -0.25) is 9.78 Å². The second kappa shape index (κ2) is 10.8. The molecule has 38 heavy (non-hydrogen) atoms. The van der Waals surface area contributed by atoms with Gasteiger partial charge in [0, 0.05) is 30.2 Å². The van der Waals surface area contributed by atoms with Crippen molar-refractivity contribution < 1.29 is 14.6 Å². The van der Waals surface area contributed by atoms with Crippen LogP contribution in [0.3, 0.4) is 0 Å². The average molecular weight is 512 g/mol. The van der Waals surface area contributed by atoms with Gasteiger partial charge in [0.15, 0.2) is 0 Å². The molecule has 5 rings (SSSR count). The van der Waals surface area contributed by atoms with E-state index < -0.39 is 6.10 Å². The minimum absolute atomic E-state index is 0.153. The second-order valence-electron chi connectivity index (χ2n) is 10.0. The summed E-state index contributed by atoms with van der Waals surface area (Å²) in [4.78, 5) is 29.3. The average Bonchev–Trinajstić information content (AvgIpc) is 2.91. The Morgan fingerprint density at radius 3 is 2.61 bits per heavy atom. The normalized spacial score (nSPS) is 18.4. The maximum Gasteiger partial charge on any atom is 0.251 e. The molecule has 2 N–H and O–H groups in total. The molecule has 1 aliphatic rings. The highest BCUT2D eigenvalue weighted by Crippen LogP contribution is 2.24. The lowest BCUT2D eigenvalue weighted by molar-refractivity contribution is -0.00545. The molecule has 0 radical (unpaired) electrons. The minimum atomic E-state index is -0.638. The van der Waals surface area contributed by atoms with Crippen LogP contribution in [0.2, 0.25) is 0 Å². The summed E-state index contributed by atoms with van der Waals surface area (Å²) in [6.07, 6.45) is 1.44. The number of ether oxygens (including phenoxy) is 1. The highest BCUT2D eigenvalue weighted by Gasteiger charge is 2.23. The van der Waals surface area contributed by atoms with Crippen LogP contribution in [0.15, 0.2) is 60.8 Å². The van der Waals surface area contributed by atoms with Gasteiger partial charge in [-0.25, -0.2) is 9.97 Å². The molecule has 3 unspecified atom stereocenters. The quantitative estimate of drug-likeness (QED) is 0.390. The first-order valence-electron chi connectivity index (χ1n) is 13.0. The number of aliphatic hydroxyl groups excluding tert-OH is 1. The maximum atomic E-state index is 12.8. The molecule has 1 fully saturated rings. The zero-order valence-electron chi connectivity index (χ0n) is 22.2. The number of amides is 1. The summed E-state index contributed by atoms with van der Waals surface area (Å²) < 4.78 is 5.87. The first-order chi connectivity index (χ1) is 18.3. The van der Waals surface area contributed by atoms with Crippen LogP contribution in [0.5, 0.6) is 0 Å². The van der Waals surface area contributed by atoms with Crippen LogP contribution in [0.4, 0.5) is 5.82 Å².